The van der Waals surface area contributed by atoms with Crippen molar-refractivity contribution in [2.24, 2.45) is 5.73 Å². The lowest BCUT2D eigenvalue weighted by Crippen LogP contribution is -2.12. The number of aryl methyl sites for hydroxylation is 3. The summed E-state index contributed by atoms with van der Waals surface area (Å²) >= 11 is 1.75. The summed E-state index contributed by atoms with van der Waals surface area (Å²) in [6.45, 7) is 6.28. The fraction of sp³-hybridized carbons (Fsp3) is 0.375. The van der Waals surface area contributed by atoms with Gasteiger partial charge in [0.05, 0.1) is 20.3 Å². The van der Waals surface area contributed by atoms with E-state index in [0.29, 0.717) is 5.75 Å². The molecule has 0 spiro atoms. The van der Waals surface area contributed by atoms with Gasteiger partial charge in [-0.2, -0.15) is 0 Å². The first kappa shape index (κ1) is 14.9. The fourth-order valence-corrected chi connectivity index (χ4v) is 3.30. The van der Waals surface area contributed by atoms with Crippen LogP contribution in [0.25, 0.3) is 0 Å². The summed E-state index contributed by atoms with van der Waals surface area (Å²) in [6, 6.07) is 5.98. The average Bonchev–Trinajstić information content (AvgIpc) is 2.77. The van der Waals surface area contributed by atoms with Crippen LogP contribution in [0.3, 0.4) is 0 Å². The van der Waals surface area contributed by atoms with Gasteiger partial charge in [-0.25, -0.2) is 0 Å². The molecule has 1 aromatic carbocycles. The SMILES string of the molecule is COc1cc(C)c(C(N)c2cc(C)c(C)s2)cc1OC. The van der Waals surface area contributed by atoms with Crippen LogP contribution in [0.5, 0.6) is 11.5 Å². The molecular weight excluding hydrogens is 270 g/mol. The summed E-state index contributed by atoms with van der Waals surface area (Å²) in [5, 5.41) is 0. The average molecular weight is 291 g/mol. The van der Waals surface area contributed by atoms with Crippen LogP contribution in [0.4, 0.5) is 0 Å². The number of benzene rings is 1. The first-order chi connectivity index (χ1) is 9.47. The second-order valence-corrected chi connectivity index (χ2v) is 6.22. The van der Waals surface area contributed by atoms with Crippen molar-refractivity contribution in [3.05, 3.63) is 44.6 Å². The second-order valence-electron chi connectivity index (χ2n) is 4.93. The van der Waals surface area contributed by atoms with E-state index in [0.717, 1.165) is 16.9 Å². The zero-order valence-electron chi connectivity index (χ0n) is 12.6. The number of nitrogens with two attached hydrogens (primary N) is 1. The maximum absolute atomic E-state index is 6.43. The van der Waals surface area contributed by atoms with Crippen molar-refractivity contribution in [2.75, 3.05) is 14.2 Å². The van der Waals surface area contributed by atoms with E-state index in [2.05, 4.69) is 19.9 Å². The first-order valence-corrected chi connectivity index (χ1v) is 7.34. The lowest BCUT2D eigenvalue weighted by molar-refractivity contribution is 0.354. The molecule has 3 nitrogen and oxygen atoms in total. The molecule has 20 heavy (non-hydrogen) atoms. The Hall–Kier alpha value is -1.52. The summed E-state index contributed by atoms with van der Waals surface area (Å²) in [5.41, 5.74) is 9.90. The van der Waals surface area contributed by atoms with E-state index in [4.69, 9.17) is 15.2 Å². The molecule has 0 radical (unpaired) electrons. The van der Waals surface area contributed by atoms with Crippen LogP contribution in [0, 0.1) is 20.8 Å². The predicted octanol–water partition coefficient (Wildman–Crippen LogP) is 3.74. The number of methoxy groups -OCH3 is 2. The van der Waals surface area contributed by atoms with Crippen LogP contribution in [-0.4, -0.2) is 14.2 Å². The molecule has 1 heterocycles. The Kier molecular flexibility index (Phi) is 4.35. The molecule has 1 unspecified atom stereocenters. The molecule has 0 aliphatic rings. The van der Waals surface area contributed by atoms with Gasteiger partial charge in [-0.3, -0.25) is 0 Å². The maximum atomic E-state index is 6.43. The Balaban J connectivity index is 2.46. The van der Waals surface area contributed by atoms with Crippen molar-refractivity contribution in [3.8, 4) is 11.5 Å². The minimum atomic E-state index is -0.132. The highest BCUT2D eigenvalue weighted by atomic mass is 32.1. The predicted molar refractivity (Wildman–Crippen MR) is 84.1 cm³/mol. The van der Waals surface area contributed by atoms with Crippen LogP contribution in [0.1, 0.15) is 32.5 Å². The highest BCUT2D eigenvalue weighted by Gasteiger charge is 2.17. The standard InChI is InChI=1S/C16H21NO2S/c1-9-7-15(20-11(9)3)16(17)12-8-14(19-5)13(18-4)6-10(12)2/h6-8,16H,17H2,1-5H3. The van der Waals surface area contributed by atoms with E-state index < -0.39 is 0 Å². The van der Waals surface area contributed by atoms with Gasteiger partial charge in [0.2, 0.25) is 0 Å². The molecule has 0 amide bonds. The fourth-order valence-electron chi connectivity index (χ4n) is 2.24. The molecule has 2 N–H and O–H groups in total. The van der Waals surface area contributed by atoms with Crippen LogP contribution < -0.4 is 15.2 Å². The minimum Gasteiger partial charge on any atom is -0.493 e. The van der Waals surface area contributed by atoms with E-state index in [1.807, 2.05) is 19.1 Å². The summed E-state index contributed by atoms with van der Waals surface area (Å²) in [7, 11) is 3.28. The molecule has 0 bridgehead atoms. The number of hydrogen-bond donors (Lipinski definition) is 1. The van der Waals surface area contributed by atoms with Gasteiger partial charge in [-0.15, -0.1) is 11.3 Å². The lowest BCUT2D eigenvalue weighted by atomic mass is 9.99. The number of thiophene rings is 1. The molecule has 0 aliphatic carbocycles. The Labute approximate surface area is 124 Å². The maximum Gasteiger partial charge on any atom is 0.161 e. The van der Waals surface area contributed by atoms with Gasteiger partial charge in [-0.1, -0.05) is 0 Å². The molecule has 2 rings (SSSR count). The van der Waals surface area contributed by atoms with Gasteiger partial charge < -0.3 is 15.2 Å². The normalized spacial score (nSPS) is 12.3. The van der Waals surface area contributed by atoms with E-state index in [-0.39, 0.29) is 6.04 Å². The highest BCUT2D eigenvalue weighted by molar-refractivity contribution is 7.12. The van der Waals surface area contributed by atoms with Crippen molar-refractivity contribution < 1.29 is 9.47 Å². The monoisotopic (exact) mass is 291 g/mol. The number of ether oxygens (including phenoxy) is 2. The molecule has 2 aromatic rings. The summed E-state index contributed by atoms with van der Waals surface area (Å²) < 4.78 is 10.7. The van der Waals surface area contributed by atoms with Gasteiger partial charge in [0.25, 0.3) is 0 Å². The van der Waals surface area contributed by atoms with Gasteiger partial charge in [0, 0.05) is 9.75 Å². The third-order valence-corrected chi connectivity index (χ3v) is 4.83. The van der Waals surface area contributed by atoms with Gasteiger partial charge in [0.15, 0.2) is 11.5 Å². The van der Waals surface area contributed by atoms with Gasteiger partial charge in [0.1, 0.15) is 0 Å². The molecular formula is C16H21NO2S. The molecule has 108 valence electrons. The van der Waals surface area contributed by atoms with Crippen LogP contribution >= 0.6 is 11.3 Å². The van der Waals surface area contributed by atoms with E-state index in [9.17, 15) is 0 Å². The first-order valence-electron chi connectivity index (χ1n) is 6.53. The van der Waals surface area contributed by atoms with Gasteiger partial charge in [-0.05, 0) is 55.7 Å². The number of hydrogen-bond acceptors (Lipinski definition) is 4. The molecule has 0 fully saturated rings. The van der Waals surface area contributed by atoms with Crippen molar-refractivity contribution in [3.63, 3.8) is 0 Å². The Morgan fingerprint density at radius 1 is 0.950 bits per heavy atom. The largest absolute Gasteiger partial charge is 0.493 e. The molecule has 1 atom stereocenters. The van der Waals surface area contributed by atoms with E-state index in [1.165, 1.54) is 15.3 Å². The molecule has 0 aliphatic heterocycles. The minimum absolute atomic E-state index is 0.132. The van der Waals surface area contributed by atoms with Crippen molar-refractivity contribution in [1.82, 2.24) is 0 Å². The topological polar surface area (TPSA) is 44.5 Å². The zero-order valence-corrected chi connectivity index (χ0v) is 13.4. The summed E-state index contributed by atoms with van der Waals surface area (Å²) in [4.78, 5) is 2.49. The molecule has 1 aromatic heterocycles. The van der Waals surface area contributed by atoms with Crippen molar-refractivity contribution in [2.45, 2.75) is 26.8 Å². The zero-order chi connectivity index (χ0) is 14.9. The van der Waals surface area contributed by atoms with Crippen molar-refractivity contribution in [1.29, 1.82) is 0 Å². The smallest absolute Gasteiger partial charge is 0.161 e. The van der Waals surface area contributed by atoms with Crippen LogP contribution in [0.15, 0.2) is 18.2 Å². The van der Waals surface area contributed by atoms with Crippen LogP contribution in [0.2, 0.25) is 0 Å². The lowest BCUT2D eigenvalue weighted by Gasteiger charge is -2.17. The van der Waals surface area contributed by atoms with Crippen molar-refractivity contribution >= 4 is 11.3 Å². The third-order valence-electron chi connectivity index (χ3n) is 3.60. The van der Waals surface area contributed by atoms with E-state index >= 15 is 0 Å². The second kappa shape index (κ2) is 5.85. The van der Waals surface area contributed by atoms with E-state index in [1.54, 1.807) is 25.6 Å². The Morgan fingerprint density at radius 3 is 2.05 bits per heavy atom. The third kappa shape index (κ3) is 2.67. The summed E-state index contributed by atoms with van der Waals surface area (Å²) in [6.07, 6.45) is 0. The highest BCUT2D eigenvalue weighted by Crippen LogP contribution is 2.36. The molecule has 4 heteroatoms. The number of rotatable bonds is 4. The van der Waals surface area contributed by atoms with Crippen LogP contribution in [-0.2, 0) is 0 Å². The summed E-state index contributed by atoms with van der Waals surface area (Å²) in [5.74, 6) is 1.45. The molecule has 0 saturated carbocycles. The molecule has 0 saturated heterocycles. The quantitative estimate of drug-likeness (QED) is 0.933. The van der Waals surface area contributed by atoms with Gasteiger partial charge >= 0.3 is 0 Å². The Morgan fingerprint density at radius 2 is 1.55 bits per heavy atom. The Bertz CT molecular complexity index is 600.